The van der Waals surface area contributed by atoms with Crippen LogP contribution in [-0.2, 0) is 12.6 Å². The zero-order valence-corrected chi connectivity index (χ0v) is 25.5. The van der Waals surface area contributed by atoms with E-state index in [-0.39, 0.29) is 23.2 Å². The maximum absolute atomic E-state index is 11.7. The number of pyridine rings is 1. The van der Waals surface area contributed by atoms with E-state index in [0.29, 0.717) is 5.88 Å². The number of anilines is 1. The van der Waals surface area contributed by atoms with Crippen LogP contribution in [0.4, 0.5) is 5.82 Å². The van der Waals surface area contributed by atoms with Crippen molar-refractivity contribution in [3.05, 3.63) is 64.6 Å². The Morgan fingerprint density at radius 3 is 2.37 bits per heavy atom. The van der Waals surface area contributed by atoms with Crippen LogP contribution in [0.25, 0.3) is 22.2 Å². The molecule has 3 aliphatic rings. The van der Waals surface area contributed by atoms with Gasteiger partial charge < -0.3 is 15.0 Å². The average Bonchev–Trinajstić information content (AvgIpc) is 3.75. The summed E-state index contributed by atoms with van der Waals surface area (Å²) in [5.74, 6) is 1.38. The fourth-order valence-electron chi connectivity index (χ4n) is 7.00. The highest BCUT2D eigenvalue weighted by molar-refractivity contribution is 5.94. The van der Waals surface area contributed by atoms with Gasteiger partial charge in [0.05, 0.1) is 11.6 Å². The minimum absolute atomic E-state index is 0.0733. The summed E-state index contributed by atoms with van der Waals surface area (Å²) in [7, 11) is 3.87. The molecule has 3 aromatic heterocycles. The summed E-state index contributed by atoms with van der Waals surface area (Å²) in [5, 5.41) is 14.0. The van der Waals surface area contributed by atoms with Crippen molar-refractivity contribution in [3.63, 3.8) is 0 Å². The van der Waals surface area contributed by atoms with E-state index in [9.17, 15) is 4.79 Å². The Bertz CT molecular complexity index is 1640. The van der Waals surface area contributed by atoms with E-state index in [1.165, 1.54) is 29.2 Å². The smallest absolute Gasteiger partial charge is 0.266 e. The van der Waals surface area contributed by atoms with Gasteiger partial charge in [-0.25, -0.2) is 9.67 Å². The van der Waals surface area contributed by atoms with Crippen LogP contribution in [0.3, 0.4) is 0 Å². The summed E-state index contributed by atoms with van der Waals surface area (Å²) < 4.78 is 9.70. The van der Waals surface area contributed by atoms with E-state index < -0.39 is 0 Å². The van der Waals surface area contributed by atoms with Crippen molar-refractivity contribution in [1.82, 2.24) is 34.3 Å². The third-order valence-electron chi connectivity index (χ3n) is 9.69. The van der Waals surface area contributed by atoms with E-state index in [1.807, 2.05) is 6.20 Å². The second-order valence-corrected chi connectivity index (χ2v) is 12.5. The van der Waals surface area contributed by atoms with Crippen molar-refractivity contribution in [2.24, 2.45) is 7.05 Å². The number of aromatic nitrogens is 5. The fraction of sp³-hybridized carbons (Fsp3) is 0.515. The first-order valence-electron chi connectivity index (χ1n) is 15.8. The SMILES string of the molecule is CCNc1cc2c(cn1)c(-c1ccc(C3(N4CCN(C)CC4)CC3)cc1)nn2C1CCC(Oc2ccc(=O)n(C)n2)CC1. The van der Waals surface area contributed by atoms with Crippen LogP contribution in [0.2, 0.25) is 0 Å². The van der Waals surface area contributed by atoms with Gasteiger partial charge in [-0.05, 0) is 58.1 Å². The maximum Gasteiger partial charge on any atom is 0.266 e. The van der Waals surface area contributed by atoms with Gasteiger partial charge in [0.1, 0.15) is 17.6 Å². The monoisotopic (exact) mass is 582 g/mol. The molecule has 1 saturated heterocycles. The zero-order valence-electron chi connectivity index (χ0n) is 25.5. The van der Waals surface area contributed by atoms with Gasteiger partial charge >= 0.3 is 0 Å². The Hall–Kier alpha value is -3.76. The summed E-state index contributed by atoms with van der Waals surface area (Å²) in [6, 6.07) is 14.8. The standard InChI is InChI=1S/C33H42N8O2/c1-4-34-29-21-28-27(22-35-29)32(23-5-7-24(8-6-23)33(15-16-33)40-19-17-38(2)18-20-40)37-41(28)25-9-11-26(12-10-25)43-30-13-14-31(42)39(3)36-30/h5-8,13-14,21-22,25-26H,4,9-12,15-20H2,1-3H3,(H,34,35). The molecule has 10 nitrogen and oxygen atoms in total. The third-order valence-corrected chi connectivity index (χ3v) is 9.69. The van der Waals surface area contributed by atoms with E-state index in [2.05, 4.69) is 69.2 Å². The molecule has 0 spiro atoms. The summed E-state index contributed by atoms with van der Waals surface area (Å²) in [5.41, 5.74) is 4.76. The Morgan fingerprint density at radius 1 is 0.953 bits per heavy atom. The zero-order chi connectivity index (χ0) is 29.6. The first kappa shape index (κ1) is 28.0. The number of nitrogens with zero attached hydrogens (tertiary/aromatic N) is 7. The molecule has 0 bridgehead atoms. The largest absolute Gasteiger partial charge is 0.473 e. The molecule has 0 amide bonds. The van der Waals surface area contributed by atoms with Crippen molar-refractivity contribution < 1.29 is 4.74 Å². The maximum atomic E-state index is 11.7. The molecule has 43 heavy (non-hydrogen) atoms. The number of ether oxygens (including phenoxy) is 1. The summed E-state index contributed by atoms with van der Waals surface area (Å²) in [6.45, 7) is 7.47. The number of fused-ring (bicyclic) bond motifs is 1. The number of hydrogen-bond acceptors (Lipinski definition) is 8. The van der Waals surface area contributed by atoms with Crippen molar-refractivity contribution in [2.75, 3.05) is 45.1 Å². The van der Waals surface area contributed by atoms with E-state index in [0.717, 1.165) is 86.4 Å². The normalized spacial score (nSPS) is 22.5. The highest BCUT2D eigenvalue weighted by Gasteiger charge is 2.49. The molecule has 0 unspecified atom stereocenters. The lowest BCUT2D eigenvalue weighted by Crippen LogP contribution is -2.49. The molecule has 2 aliphatic carbocycles. The Balaban J connectivity index is 1.13. The van der Waals surface area contributed by atoms with Gasteiger partial charge in [0, 0.05) is 80.7 Å². The molecule has 4 aromatic rings. The van der Waals surface area contributed by atoms with Crippen LogP contribution >= 0.6 is 0 Å². The number of nitrogens with one attached hydrogen (secondary N) is 1. The van der Waals surface area contributed by atoms with Gasteiger partial charge in [0.25, 0.3) is 5.56 Å². The second-order valence-electron chi connectivity index (χ2n) is 12.5. The molecule has 10 heteroatoms. The molecule has 0 atom stereocenters. The number of hydrogen-bond donors (Lipinski definition) is 1. The molecule has 0 radical (unpaired) electrons. The second kappa shape index (κ2) is 11.4. The number of piperazine rings is 1. The minimum atomic E-state index is -0.138. The number of benzene rings is 1. The molecular weight excluding hydrogens is 540 g/mol. The highest BCUT2D eigenvalue weighted by atomic mass is 16.5. The molecule has 226 valence electrons. The molecule has 4 heterocycles. The summed E-state index contributed by atoms with van der Waals surface area (Å²) in [4.78, 5) is 21.6. The van der Waals surface area contributed by atoms with Gasteiger partial charge in [-0.15, -0.1) is 5.10 Å². The Kier molecular flexibility index (Phi) is 7.43. The molecule has 1 aliphatic heterocycles. The molecule has 7 rings (SSSR count). The van der Waals surface area contributed by atoms with Crippen molar-refractivity contribution in [2.45, 2.75) is 63.1 Å². The van der Waals surface area contributed by atoms with Crippen molar-refractivity contribution >= 4 is 16.7 Å². The summed E-state index contributed by atoms with van der Waals surface area (Å²) in [6.07, 6.45) is 8.26. The van der Waals surface area contributed by atoms with Crippen molar-refractivity contribution in [1.29, 1.82) is 0 Å². The lowest BCUT2D eigenvalue weighted by molar-refractivity contribution is 0.0976. The van der Waals surface area contributed by atoms with Gasteiger partial charge in [0.15, 0.2) is 0 Å². The van der Waals surface area contributed by atoms with Crippen LogP contribution in [0.5, 0.6) is 5.88 Å². The highest BCUT2D eigenvalue weighted by Crippen LogP contribution is 2.51. The van der Waals surface area contributed by atoms with Crippen LogP contribution in [-0.4, -0.2) is 80.2 Å². The van der Waals surface area contributed by atoms with Gasteiger partial charge in [-0.3, -0.25) is 14.4 Å². The number of rotatable bonds is 8. The topological polar surface area (TPSA) is 93.3 Å². The lowest BCUT2D eigenvalue weighted by atomic mass is 9.93. The Labute approximate surface area is 252 Å². The third kappa shape index (κ3) is 5.42. The minimum Gasteiger partial charge on any atom is -0.473 e. The fourth-order valence-corrected chi connectivity index (χ4v) is 7.00. The quantitative estimate of drug-likeness (QED) is 0.326. The first-order chi connectivity index (χ1) is 20.9. The molecule has 1 aromatic carbocycles. The number of likely N-dealkylation sites (N-methyl/N-ethyl adjacent to an activating group) is 1. The van der Waals surface area contributed by atoms with Gasteiger partial charge in [-0.1, -0.05) is 24.3 Å². The van der Waals surface area contributed by atoms with Crippen LogP contribution in [0.1, 0.15) is 57.1 Å². The van der Waals surface area contributed by atoms with Gasteiger partial charge in [-0.2, -0.15) is 5.10 Å². The van der Waals surface area contributed by atoms with Crippen LogP contribution < -0.4 is 15.6 Å². The average molecular weight is 583 g/mol. The molecule has 1 N–H and O–H groups in total. The predicted molar refractivity (Wildman–Crippen MR) is 169 cm³/mol. The van der Waals surface area contributed by atoms with Gasteiger partial charge in [0.2, 0.25) is 5.88 Å². The summed E-state index contributed by atoms with van der Waals surface area (Å²) >= 11 is 0. The van der Waals surface area contributed by atoms with Crippen molar-refractivity contribution in [3.8, 4) is 17.1 Å². The van der Waals surface area contributed by atoms with Crippen LogP contribution in [0.15, 0.2) is 53.5 Å². The van der Waals surface area contributed by atoms with Crippen LogP contribution in [0, 0.1) is 0 Å². The lowest BCUT2D eigenvalue weighted by Gasteiger charge is -2.38. The van der Waals surface area contributed by atoms with E-state index >= 15 is 0 Å². The first-order valence-corrected chi connectivity index (χ1v) is 15.8. The number of aryl methyl sites for hydroxylation is 1. The molecular formula is C33H42N8O2. The predicted octanol–water partition coefficient (Wildman–Crippen LogP) is 4.42. The van der Waals surface area contributed by atoms with E-state index in [4.69, 9.17) is 14.8 Å². The molecule has 2 saturated carbocycles. The Morgan fingerprint density at radius 2 is 1.70 bits per heavy atom. The van der Waals surface area contributed by atoms with E-state index in [1.54, 1.807) is 13.1 Å². The molecule has 3 fully saturated rings.